The Hall–Kier alpha value is -1.82. The van der Waals surface area contributed by atoms with E-state index in [1.165, 1.54) is 12.3 Å². The SMILES string of the molecule is CCOC(=O)C(=O)c1c[nH]c2cc(Br)c(O)cc12. The molecule has 2 aromatic rings. The van der Waals surface area contributed by atoms with Crippen LogP contribution in [0.5, 0.6) is 5.75 Å². The first-order chi connectivity index (χ1) is 8.54. The predicted octanol–water partition coefficient (Wildman–Crippen LogP) is 2.38. The van der Waals surface area contributed by atoms with Gasteiger partial charge in [0.1, 0.15) is 5.75 Å². The lowest BCUT2D eigenvalue weighted by Crippen LogP contribution is -2.17. The highest BCUT2D eigenvalue weighted by molar-refractivity contribution is 9.10. The minimum atomic E-state index is -0.902. The highest BCUT2D eigenvalue weighted by atomic mass is 79.9. The number of ether oxygens (including phenoxy) is 1. The smallest absolute Gasteiger partial charge is 0.379 e. The number of carbonyl (C=O) groups excluding carboxylic acids is 2. The van der Waals surface area contributed by atoms with Crippen molar-refractivity contribution in [3.8, 4) is 5.75 Å². The van der Waals surface area contributed by atoms with E-state index in [0.717, 1.165) is 0 Å². The molecule has 2 rings (SSSR count). The van der Waals surface area contributed by atoms with Gasteiger partial charge in [0, 0.05) is 17.1 Å². The maximum absolute atomic E-state index is 11.8. The number of rotatable bonds is 3. The van der Waals surface area contributed by atoms with Crippen LogP contribution in [0.3, 0.4) is 0 Å². The zero-order valence-electron chi connectivity index (χ0n) is 9.49. The molecule has 5 nitrogen and oxygen atoms in total. The zero-order chi connectivity index (χ0) is 13.3. The van der Waals surface area contributed by atoms with E-state index in [1.807, 2.05) is 0 Å². The van der Waals surface area contributed by atoms with Crippen LogP contribution in [0.25, 0.3) is 10.9 Å². The van der Waals surface area contributed by atoms with Crippen LogP contribution in [0.4, 0.5) is 0 Å². The normalized spacial score (nSPS) is 10.6. The molecular weight excluding hydrogens is 302 g/mol. The van der Waals surface area contributed by atoms with E-state index in [2.05, 4.69) is 25.7 Å². The molecule has 0 saturated heterocycles. The van der Waals surface area contributed by atoms with E-state index < -0.39 is 11.8 Å². The topological polar surface area (TPSA) is 79.4 Å². The molecule has 0 aliphatic rings. The van der Waals surface area contributed by atoms with E-state index >= 15 is 0 Å². The lowest BCUT2D eigenvalue weighted by Gasteiger charge is -2.01. The number of carbonyl (C=O) groups is 2. The van der Waals surface area contributed by atoms with Gasteiger partial charge >= 0.3 is 5.97 Å². The standard InChI is InChI=1S/C12H10BrNO4/c1-2-18-12(17)11(16)7-5-14-9-4-8(13)10(15)3-6(7)9/h3-5,14-15H,2H2,1H3. The Labute approximate surface area is 111 Å². The van der Waals surface area contributed by atoms with Crippen molar-refractivity contribution in [1.29, 1.82) is 0 Å². The molecule has 6 heteroatoms. The van der Waals surface area contributed by atoms with Gasteiger partial charge in [-0.25, -0.2) is 4.79 Å². The molecule has 0 radical (unpaired) electrons. The second kappa shape index (κ2) is 4.81. The molecule has 0 fully saturated rings. The second-order valence-corrected chi connectivity index (χ2v) is 4.46. The third kappa shape index (κ3) is 2.11. The molecule has 0 unspecified atom stereocenters. The average molecular weight is 312 g/mol. The quantitative estimate of drug-likeness (QED) is 0.518. The molecule has 0 bridgehead atoms. The van der Waals surface area contributed by atoms with Crippen molar-refractivity contribution in [2.45, 2.75) is 6.92 Å². The number of aromatic amines is 1. The Morgan fingerprint density at radius 1 is 1.44 bits per heavy atom. The Balaban J connectivity index is 2.49. The molecule has 1 heterocycles. The van der Waals surface area contributed by atoms with Crippen LogP contribution in [0.2, 0.25) is 0 Å². The summed E-state index contributed by atoms with van der Waals surface area (Å²) in [4.78, 5) is 26.1. The number of nitrogens with one attached hydrogen (secondary N) is 1. The third-order valence-electron chi connectivity index (χ3n) is 2.45. The van der Waals surface area contributed by atoms with Gasteiger partial charge in [0.2, 0.25) is 0 Å². The van der Waals surface area contributed by atoms with Crippen LogP contribution in [0.1, 0.15) is 17.3 Å². The molecular formula is C12H10BrNO4. The summed E-state index contributed by atoms with van der Waals surface area (Å²) in [5.74, 6) is -1.63. The number of esters is 1. The van der Waals surface area contributed by atoms with Crippen molar-refractivity contribution in [1.82, 2.24) is 4.98 Å². The highest BCUT2D eigenvalue weighted by Gasteiger charge is 2.21. The number of ketones is 1. The third-order valence-corrected chi connectivity index (χ3v) is 3.09. The van der Waals surface area contributed by atoms with Gasteiger partial charge < -0.3 is 14.8 Å². The van der Waals surface area contributed by atoms with Gasteiger partial charge in [0.05, 0.1) is 16.6 Å². The zero-order valence-corrected chi connectivity index (χ0v) is 11.1. The molecule has 2 N–H and O–H groups in total. The molecule has 18 heavy (non-hydrogen) atoms. The summed E-state index contributed by atoms with van der Waals surface area (Å²) in [5, 5.41) is 10.1. The Morgan fingerprint density at radius 3 is 2.83 bits per heavy atom. The summed E-state index contributed by atoms with van der Waals surface area (Å²) in [7, 11) is 0. The van der Waals surface area contributed by atoms with Crippen LogP contribution in [-0.2, 0) is 9.53 Å². The van der Waals surface area contributed by atoms with Crippen molar-refractivity contribution in [3.63, 3.8) is 0 Å². The van der Waals surface area contributed by atoms with E-state index in [1.54, 1.807) is 13.0 Å². The van der Waals surface area contributed by atoms with Gasteiger partial charge in [-0.2, -0.15) is 0 Å². The number of halogens is 1. The largest absolute Gasteiger partial charge is 0.507 e. The van der Waals surface area contributed by atoms with Gasteiger partial charge in [0.15, 0.2) is 0 Å². The summed E-state index contributed by atoms with van der Waals surface area (Å²) < 4.78 is 5.16. The van der Waals surface area contributed by atoms with Crippen molar-refractivity contribution in [2.24, 2.45) is 0 Å². The fourth-order valence-electron chi connectivity index (χ4n) is 1.63. The molecule has 0 saturated carbocycles. The molecule has 0 spiro atoms. The second-order valence-electron chi connectivity index (χ2n) is 3.60. The van der Waals surface area contributed by atoms with E-state index in [4.69, 9.17) is 0 Å². The molecule has 0 amide bonds. The number of hydrogen-bond donors (Lipinski definition) is 2. The number of phenols is 1. The molecule has 0 aliphatic carbocycles. The summed E-state index contributed by atoms with van der Waals surface area (Å²) in [5.41, 5.74) is 0.832. The summed E-state index contributed by atoms with van der Waals surface area (Å²) in [6, 6.07) is 3.05. The fraction of sp³-hybridized carbons (Fsp3) is 0.167. The molecule has 0 atom stereocenters. The number of fused-ring (bicyclic) bond motifs is 1. The number of aromatic hydroxyl groups is 1. The maximum Gasteiger partial charge on any atom is 0.379 e. The van der Waals surface area contributed by atoms with Gasteiger partial charge in [-0.05, 0) is 35.0 Å². The Morgan fingerprint density at radius 2 is 2.17 bits per heavy atom. The number of H-pyrrole nitrogens is 1. The van der Waals surface area contributed by atoms with Crippen LogP contribution in [-0.4, -0.2) is 28.4 Å². The minimum absolute atomic E-state index is 0.00000821. The van der Waals surface area contributed by atoms with Crippen molar-refractivity contribution >= 4 is 38.6 Å². The maximum atomic E-state index is 11.8. The Bertz CT molecular complexity index is 632. The number of Topliss-reactive ketones (excluding diaryl/α,β-unsaturated/α-hetero) is 1. The van der Waals surface area contributed by atoms with E-state index in [9.17, 15) is 14.7 Å². The first kappa shape index (κ1) is 12.6. The minimum Gasteiger partial charge on any atom is -0.507 e. The van der Waals surface area contributed by atoms with Crippen LogP contribution in [0, 0.1) is 0 Å². The summed E-state index contributed by atoms with van der Waals surface area (Å²) in [6.45, 7) is 1.77. The number of aromatic nitrogens is 1. The number of hydrogen-bond acceptors (Lipinski definition) is 4. The van der Waals surface area contributed by atoms with Crippen LogP contribution < -0.4 is 0 Å². The van der Waals surface area contributed by atoms with Crippen LogP contribution in [0.15, 0.2) is 22.8 Å². The van der Waals surface area contributed by atoms with Gasteiger partial charge in [0.25, 0.3) is 5.78 Å². The van der Waals surface area contributed by atoms with Crippen LogP contribution >= 0.6 is 15.9 Å². The summed E-state index contributed by atoms with van der Waals surface area (Å²) >= 11 is 3.17. The van der Waals surface area contributed by atoms with Crippen molar-refractivity contribution in [2.75, 3.05) is 6.61 Å². The van der Waals surface area contributed by atoms with Crippen molar-refractivity contribution in [3.05, 3.63) is 28.4 Å². The van der Waals surface area contributed by atoms with Gasteiger partial charge in [-0.1, -0.05) is 0 Å². The van der Waals surface area contributed by atoms with Gasteiger partial charge in [-0.3, -0.25) is 4.79 Å². The van der Waals surface area contributed by atoms with Gasteiger partial charge in [-0.15, -0.1) is 0 Å². The summed E-state index contributed by atoms with van der Waals surface area (Å²) in [6.07, 6.45) is 1.43. The van der Waals surface area contributed by atoms with E-state index in [0.29, 0.717) is 15.4 Å². The number of phenolic OH excluding ortho intramolecular Hbond substituents is 1. The lowest BCUT2D eigenvalue weighted by atomic mass is 10.1. The monoisotopic (exact) mass is 311 g/mol. The van der Waals surface area contributed by atoms with Crippen molar-refractivity contribution < 1.29 is 19.4 Å². The first-order valence-electron chi connectivity index (χ1n) is 5.25. The Kier molecular flexibility index (Phi) is 3.38. The molecule has 0 aliphatic heterocycles. The van der Waals surface area contributed by atoms with E-state index in [-0.39, 0.29) is 17.9 Å². The predicted molar refractivity (Wildman–Crippen MR) is 68.6 cm³/mol. The fourth-order valence-corrected chi connectivity index (χ4v) is 1.97. The lowest BCUT2D eigenvalue weighted by molar-refractivity contribution is -0.137. The molecule has 94 valence electrons. The number of benzene rings is 1. The molecule has 1 aromatic heterocycles. The molecule has 1 aromatic carbocycles. The highest BCUT2D eigenvalue weighted by Crippen LogP contribution is 2.30. The average Bonchev–Trinajstić information content (AvgIpc) is 2.72. The first-order valence-corrected chi connectivity index (χ1v) is 6.05.